The van der Waals surface area contributed by atoms with Crippen LogP contribution >= 0.6 is 0 Å². The number of ether oxygens (including phenoxy) is 1. The average Bonchev–Trinajstić information content (AvgIpc) is 2.73. The summed E-state index contributed by atoms with van der Waals surface area (Å²) in [5.41, 5.74) is -0.373. The van der Waals surface area contributed by atoms with Crippen LogP contribution in [-0.4, -0.2) is 26.6 Å². The van der Waals surface area contributed by atoms with E-state index in [4.69, 9.17) is 15.6 Å². The molecule has 1 heterocycles. The minimum absolute atomic E-state index is 0.0941. The van der Waals surface area contributed by atoms with Gasteiger partial charge in [-0.2, -0.15) is 0 Å². The second-order valence-electron chi connectivity index (χ2n) is 5.93. The van der Waals surface area contributed by atoms with E-state index >= 15 is 0 Å². The molecule has 0 N–H and O–H groups in total. The summed E-state index contributed by atoms with van der Waals surface area (Å²) in [6.45, 7) is 13.7. The molecule has 1 saturated heterocycles. The first kappa shape index (κ1) is 12.8. The number of hydrogen-bond donors (Lipinski definition) is 0. The summed E-state index contributed by atoms with van der Waals surface area (Å²) in [4.78, 5) is 0. The molecule has 0 radical (unpaired) electrons. The van der Waals surface area contributed by atoms with E-state index in [-0.39, 0.29) is 16.7 Å². The van der Waals surface area contributed by atoms with E-state index in [2.05, 4.69) is 39.8 Å². The van der Waals surface area contributed by atoms with Gasteiger partial charge in [-0.1, -0.05) is 26.7 Å². The highest BCUT2D eigenvalue weighted by molar-refractivity contribution is 6.74. The Morgan fingerprint density at radius 1 is 1.47 bits per heavy atom. The molecule has 0 amide bonds. The van der Waals surface area contributed by atoms with Gasteiger partial charge in [0.1, 0.15) is 6.10 Å². The van der Waals surface area contributed by atoms with E-state index in [0.717, 1.165) is 0 Å². The van der Waals surface area contributed by atoms with Crippen molar-refractivity contribution in [1.29, 1.82) is 0 Å². The zero-order chi connectivity index (χ0) is 11.9. The molecule has 0 aromatic carbocycles. The fourth-order valence-electron chi connectivity index (χ4n) is 1.08. The third kappa shape index (κ3) is 2.63. The van der Waals surface area contributed by atoms with E-state index < -0.39 is 8.32 Å². The molecule has 0 unspecified atom stereocenters. The van der Waals surface area contributed by atoms with Crippen LogP contribution in [0.4, 0.5) is 0 Å². The number of epoxide rings is 1. The van der Waals surface area contributed by atoms with E-state index in [1.54, 1.807) is 0 Å². The van der Waals surface area contributed by atoms with Crippen molar-refractivity contribution in [3.63, 3.8) is 0 Å². The predicted molar refractivity (Wildman–Crippen MR) is 65.3 cm³/mol. The molecule has 1 aliphatic rings. The lowest BCUT2D eigenvalue weighted by molar-refractivity contribution is 0.240. The van der Waals surface area contributed by atoms with Crippen LogP contribution in [0.2, 0.25) is 18.1 Å². The van der Waals surface area contributed by atoms with Crippen molar-refractivity contribution in [2.45, 2.75) is 57.5 Å². The lowest BCUT2D eigenvalue weighted by atomic mass is 10.1. The molecular formula is C12H22O2Si. The van der Waals surface area contributed by atoms with Gasteiger partial charge in [0.25, 0.3) is 0 Å². The molecule has 2 nitrogen and oxygen atoms in total. The second kappa shape index (κ2) is 3.62. The molecule has 0 bridgehead atoms. The van der Waals surface area contributed by atoms with E-state index in [1.165, 1.54) is 0 Å². The van der Waals surface area contributed by atoms with Gasteiger partial charge in [0.15, 0.2) is 13.9 Å². The van der Waals surface area contributed by atoms with Gasteiger partial charge >= 0.3 is 0 Å². The summed E-state index contributed by atoms with van der Waals surface area (Å²) < 4.78 is 11.5. The first-order valence-electron chi connectivity index (χ1n) is 5.42. The first-order valence-corrected chi connectivity index (χ1v) is 8.33. The largest absolute Gasteiger partial charge is 0.414 e. The Morgan fingerprint density at radius 2 is 2.00 bits per heavy atom. The van der Waals surface area contributed by atoms with E-state index in [0.29, 0.717) is 6.61 Å². The summed E-state index contributed by atoms with van der Waals surface area (Å²) in [6.07, 6.45) is 5.46. The number of rotatable bonds is 3. The fraction of sp³-hybridized carbons (Fsp3) is 0.833. The predicted octanol–water partition coefficient (Wildman–Crippen LogP) is 2.80. The van der Waals surface area contributed by atoms with Gasteiger partial charge in [-0.25, -0.2) is 0 Å². The first-order chi connectivity index (χ1) is 6.62. The van der Waals surface area contributed by atoms with Gasteiger partial charge in [-0.05, 0) is 25.1 Å². The highest BCUT2D eigenvalue weighted by Gasteiger charge is 2.52. The lowest BCUT2D eigenvalue weighted by Gasteiger charge is -2.36. The van der Waals surface area contributed by atoms with Gasteiger partial charge in [0.2, 0.25) is 0 Å². The van der Waals surface area contributed by atoms with Gasteiger partial charge in [-0.3, -0.25) is 0 Å². The summed E-state index contributed by atoms with van der Waals surface area (Å²) in [6, 6.07) is 0. The van der Waals surface area contributed by atoms with Crippen molar-refractivity contribution in [2.24, 2.45) is 0 Å². The standard InChI is InChI=1S/C12H22O2Si/c1-8-12(5)10(14-12)9-13-15(6,7)11(2,3)4/h1,10H,9H2,2-7H3/t10-,12+/m1/s1. The fourth-order valence-corrected chi connectivity index (χ4v) is 2.08. The molecule has 0 aliphatic carbocycles. The topological polar surface area (TPSA) is 21.8 Å². The minimum Gasteiger partial charge on any atom is -0.414 e. The quantitative estimate of drug-likeness (QED) is 0.419. The molecule has 0 spiro atoms. The van der Waals surface area contributed by atoms with Crippen molar-refractivity contribution in [3.05, 3.63) is 0 Å². The van der Waals surface area contributed by atoms with Crippen molar-refractivity contribution in [3.8, 4) is 12.3 Å². The van der Waals surface area contributed by atoms with Gasteiger partial charge in [0, 0.05) is 0 Å². The van der Waals surface area contributed by atoms with Crippen LogP contribution in [-0.2, 0) is 9.16 Å². The monoisotopic (exact) mass is 226 g/mol. The Kier molecular flexibility index (Phi) is 3.08. The second-order valence-corrected chi connectivity index (χ2v) is 10.7. The molecule has 3 heteroatoms. The molecule has 1 fully saturated rings. The summed E-state index contributed by atoms with van der Waals surface area (Å²) in [5, 5.41) is 0.244. The Labute approximate surface area is 94.5 Å². The van der Waals surface area contributed by atoms with Crippen molar-refractivity contribution in [1.82, 2.24) is 0 Å². The van der Waals surface area contributed by atoms with Crippen LogP contribution in [0.3, 0.4) is 0 Å². The van der Waals surface area contributed by atoms with Crippen LogP contribution < -0.4 is 0 Å². The van der Waals surface area contributed by atoms with Crippen LogP contribution in [0.15, 0.2) is 0 Å². The van der Waals surface area contributed by atoms with Crippen molar-refractivity contribution >= 4 is 8.32 Å². The molecule has 86 valence electrons. The lowest BCUT2D eigenvalue weighted by Crippen LogP contribution is -2.42. The number of hydrogen-bond acceptors (Lipinski definition) is 2. The maximum absolute atomic E-state index is 6.03. The maximum atomic E-state index is 6.03. The van der Waals surface area contributed by atoms with Crippen LogP contribution in [0, 0.1) is 12.3 Å². The van der Waals surface area contributed by atoms with Crippen LogP contribution in [0.5, 0.6) is 0 Å². The van der Waals surface area contributed by atoms with E-state index in [9.17, 15) is 0 Å². The molecule has 1 rings (SSSR count). The minimum atomic E-state index is -1.65. The number of terminal acetylenes is 1. The average molecular weight is 226 g/mol. The Hall–Kier alpha value is -0.303. The Bertz CT molecular complexity index is 285. The maximum Gasteiger partial charge on any atom is 0.192 e. The zero-order valence-electron chi connectivity index (χ0n) is 10.7. The molecule has 1 aliphatic heterocycles. The molecule has 0 saturated carbocycles. The summed E-state index contributed by atoms with van der Waals surface area (Å²) >= 11 is 0. The third-order valence-corrected chi connectivity index (χ3v) is 8.13. The molecule has 15 heavy (non-hydrogen) atoms. The SMILES string of the molecule is C#C[C@]1(C)O[C@@H]1CO[Si](C)(C)C(C)(C)C. The van der Waals surface area contributed by atoms with Crippen LogP contribution in [0.1, 0.15) is 27.7 Å². The normalized spacial score (nSPS) is 31.1. The van der Waals surface area contributed by atoms with Gasteiger partial charge < -0.3 is 9.16 Å². The third-order valence-electron chi connectivity index (χ3n) is 3.63. The Balaban J connectivity index is 2.44. The molecular weight excluding hydrogens is 204 g/mol. The van der Waals surface area contributed by atoms with Gasteiger partial charge in [-0.15, -0.1) is 6.42 Å². The Morgan fingerprint density at radius 3 is 2.33 bits per heavy atom. The molecule has 2 atom stereocenters. The zero-order valence-corrected chi connectivity index (χ0v) is 11.7. The highest BCUT2D eigenvalue weighted by Crippen LogP contribution is 2.40. The summed E-state index contributed by atoms with van der Waals surface area (Å²) in [5.74, 6) is 2.65. The summed E-state index contributed by atoms with van der Waals surface area (Å²) in [7, 11) is -1.65. The molecule has 0 aromatic rings. The van der Waals surface area contributed by atoms with Crippen molar-refractivity contribution in [2.75, 3.05) is 6.61 Å². The smallest absolute Gasteiger partial charge is 0.192 e. The van der Waals surface area contributed by atoms with Crippen LogP contribution in [0.25, 0.3) is 0 Å². The highest BCUT2D eigenvalue weighted by atomic mass is 28.4. The van der Waals surface area contributed by atoms with E-state index in [1.807, 2.05) is 6.92 Å². The molecule has 0 aromatic heterocycles. The van der Waals surface area contributed by atoms with Crippen molar-refractivity contribution < 1.29 is 9.16 Å². The van der Waals surface area contributed by atoms with Gasteiger partial charge in [0.05, 0.1) is 6.61 Å².